The molecule has 4 nitrogen and oxygen atoms in total. The van der Waals surface area contributed by atoms with Gasteiger partial charge in [-0.05, 0) is 24.3 Å². The fourth-order valence-corrected chi connectivity index (χ4v) is 1.57. The molecular formula is C13H16N4. The Bertz CT molecular complexity index is 400. The zero-order valence-corrected chi connectivity index (χ0v) is 9.53. The van der Waals surface area contributed by atoms with Crippen LogP contribution in [-0.2, 0) is 0 Å². The summed E-state index contributed by atoms with van der Waals surface area (Å²) in [5.74, 6) is 11.9. The van der Waals surface area contributed by atoms with Crippen molar-refractivity contribution in [3.63, 3.8) is 0 Å². The van der Waals surface area contributed by atoms with Crippen LogP contribution in [0.15, 0.2) is 60.7 Å². The Morgan fingerprint density at radius 1 is 0.647 bits per heavy atom. The van der Waals surface area contributed by atoms with E-state index in [4.69, 9.17) is 11.7 Å². The highest BCUT2D eigenvalue weighted by Crippen LogP contribution is 2.13. The molecule has 88 valence electrons. The first-order valence-corrected chi connectivity index (χ1v) is 5.42. The third-order valence-electron chi connectivity index (χ3n) is 2.48. The molecule has 0 aliphatic rings. The van der Waals surface area contributed by atoms with Gasteiger partial charge in [0.2, 0.25) is 0 Å². The summed E-state index contributed by atoms with van der Waals surface area (Å²) in [4.78, 5) is 0. The van der Waals surface area contributed by atoms with Gasteiger partial charge in [0.1, 0.15) is 6.67 Å². The number of para-hydroxylation sites is 2. The zero-order valence-electron chi connectivity index (χ0n) is 9.53. The van der Waals surface area contributed by atoms with Crippen molar-refractivity contribution in [2.24, 2.45) is 11.7 Å². The topological polar surface area (TPSA) is 58.5 Å². The zero-order chi connectivity index (χ0) is 12.1. The highest BCUT2D eigenvalue weighted by atomic mass is 15.5. The third kappa shape index (κ3) is 2.96. The predicted molar refractivity (Wildman–Crippen MR) is 71.1 cm³/mol. The molecule has 0 aliphatic heterocycles. The van der Waals surface area contributed by atoms with Crippen LogP contribution in [0.1, 0.15) is 0 Å². The average molecular weight is 228 g/mol. The van der Waals surface area contributed by atoms with E-state index in [-0.39, 0.29) is 0 Å². The Hall–Kier alpha value is -2.04. The first-order valence-electron chi connectivity index (χ1n) is 5.42. The number of nitrogens with zero attached hydrogens (tertiary/aromatic N) is 2. The molecule has 0 radical (unpaired) electrons. The quantitative estimate of drug-likeness (QED) is 0.475. The lowest BCUT2D eigenvalue weighted by Gasteiger charge is -2.26. The van der Waals surface area contributed by atoms with Crippen LogP contribution >= 0.6 is 0 Å². The van der Waals surface area contributed by atoms with Crippen molar-refractivity contribution >= 4 is 11.4 Å². The van der Waals surface area contributed by atoms with Gasteiger partial charge in [0.15, 0.2) is 0 Å². The lowest BCUT2D eigenvalue weighted by Crippen LogP contribution is -2.46. The Labute approximate surface area is 101 Å². The average Bonchev–Trinajstić information content (AvgIpc) is 2.40. The smallest absolute Gasteiger partial charge is 0.119 e. The predicted octanol–water partition coefficient (Wildman–Crippen LogP) is 1.70. The van der Waals surface area contributed by atoms with Gasteiger partial charge in [0, 0.05) is 0 Å². The highest BCUT2D eigenvalue weighted by molar-refractivity contribution is 5.49. The maximum Gasteiger partial charge on any atom is 0.119 e. The molecule has 2 rings (SSSR count). The van der Waals surface area contributed by atoms with Crippen LogP contribution in [0.3, 0.4) is 0 Å². The molecular weight excluding hydrogens is 212 g/mol. The fraction of sp³-hybridized carbons (Fsp3) is 0.0769. The molecule has 0 heterocycles. The molecule has 0 fully saturated rings. The van der Waals surface area contributed by atoms with Gasteiger partial charge < -0.3 is 0 Å². The molecule has 0 saturated carbocycles. The van der Waals surface area contributed by atoms with E-state index >= 15 is 0 Å². The largest absolute Gasteiger partial charge is 0.290 e. The van der Waals surface area contributed by atoms with Crippen LogP contribution in [0.5, 0.6) is 0 Å². The number of rotatable bonds is 4. The van der Waals surface area contributed by atoms with Crippen molar-refractivity contribution in [1.82, 2.24) is 0 Å². The normalized spacial score (nSPS) is 10.0. The fourth-order valence-electron chi connectivity index (χ4n) is 1.57. The maximum absolute atomic E-state index is 5.94. The summed E-state index contributed by atoms with van der Waals surface area (Å²) in [6.45, 7) is 0.425. The summed E-state index contributed by atoms with van der Waals surface area (Å²) in [6.07, 6.45) is 0. The van der Waals surface area contributed by atoms with Crippen LogP contribution in [0, 0.1) is 0 Å². The standard InChI is InChI=1S/C13H16N4/c14-16(12-7-3-1-4-8-12)11-17(15)13-9-5-2-6-10-13/h1-10H,11,14-15H2. The number of hydrogen-bond acceptors (Lipinski definition) is 4. The molecule has 0 atom stereocenters. The second-order valence-corrected chi connectivity index (χ2v) is 3.75. The number of hydrogen-bond donors (Lipinski definition) is 2. The van der Waals surface area contributed by atoms with Gasteiger partial charge in [-0.3, -0.25) is 10.0 Å². The van der Waals surface area contributed by atoms with Gasteiger partial charge in [-0.25, -0.2) is 11.7 Å². The second-order valence-electron chi connectivity index (χ2n) is 3.75. The lowest BCUT2D eigenvalue weighted by molar-refractivity contribution is 0.771. The van der Waals surface area contributed by atoms with Crippen molar-refractivity contribution in [3.8, 4) is 0 Å². The van der Waals surface area contributed by atoms with E-state index in [0.717, 1.165) is 11.4 Å². The summed E-state index contributed by atoms with van der Waals surface area (Å²) in [7, 11) is 0. The first-order chi connectivity index (χ1) is 8.27. The molecule has 0 bridgehead atoms. The van der Waals surface area contributed by atoms with Crippen molar-refractivity contribution in [2.75, 3.05) is 16.7 Å². The van der Waals surface area contributed by atoms with E-state index in [1.807, 2.05) is 60.7 Å². The van der Waals surface area contributed by atoms with Crippen LogP contribution in [0.2, 0.25) is 0 Å². The molecule has 0 unspecified atom stereocenters. The summed E-state index contributed by atoms with van der Waals surface area (Å²) < 4.78 is 0. The Morgan fingerprint density at radius 3 is 1.35 bits per heavy atom. The maximum atomic E-state index is 5.94. The molecule has 0 aliphatic carbocycles. The Balaban J connectivity index is 2.02. The summed E-state index contributed by atoms with van der Waals surface area (Å²) in [6, 6.07) is 19.5. The van der Waals surface area contributed by atoms with Gasteiger partial charge >= 0.3 is 0 Å². The van der Waals surface area contributed by atoms with E-state index in [1.165, 1.54) is 0 Å². The van der Waals surface area contributed by atoms with Crippen molar-refractivity contribution in [2.45, 2.75) is 0 Å². The van der Waals surface area contributed by atoms with E-state index in [1.54, 1.807) is 10.0 Å². The summed E-state index contributed by atoms with van der Waals surface area (Å²) in [5.41, 5.74) is 1.86. The van der Waals surface area contributed by atoms with E-state index in [2.05, 4.69) is 0 Å². The van der Waals surface area contributed by atoms with Crippen molar-refractivity contribution < 1.29 is 0 Å². The molecule has 17 heavy (non-hydrogen) atoms. The third-order valence-corrected chi connectivity index (χ3v) is 2.48. The molecule has 2 aromatic carbocycles. The molecule has 4 heteroatoms. The van der Waals surface area contributed by atoms with Gasteiger partial charge in [-0.1, -0.05) is 36.4 Å². The Morgan fingerprint density at radius 2 is 1.00 bits per heavy atom. The lowest BCUT2D eigenvalue weighted by atomic mass is 10.3. The van der Waals surface area contributed by atoms with Gasteiger partial charge in [-0.15, -0.1) is 0 Å². The molecule has 0 saturated heterocycles. The summed E-state index contributed by atoms with van der Waals surface area (Å²) in [5, 5.41) is 3.21. The van der Waals surface area contributed by atoms with E-state index < -0.39 is 0 Å². The second kappa shape index (κ2) is 5.34. The molecule has 0 amide bonds. The molecule has 4 N–H and O–H groups in total. The minimum absolute atomic E-state index is 0.425. The van der Waals surface area contributed by atoms with Crippen molar-refractivity contribution in [3.05, 3.63) is 60.7 Å². The molecule has 0 aromatic heterocycles. The first kappa shape index (κ1) is 11.4. The van der Waals surface area contributed by atoms with Crippen LogP contribution in [-0.4, -0.2) is 6.67 Å². The minimum atomic E-state index is 0.425. The monoisotopic (exact) mass is 228 g/mol. The summed E-state index contributed by atoms with van der Waals surface area (Å²) >= 11 is 0. The SMILES string of the molecule is NN(CN(N)c1ccccc1)c1ccccc1. The van der Waals surface area contributed by atoms with E-state index in [0.29, 0.717) is 6.67 Å². The molecule has 2 aromatic rings. The van der Waals surface area contributed by atoms with Gasteiger partial charge in [0.05, 0.1) is 11.4 Å². The Kier molecular flexibility index (Phi) is 3.59. The van der Waals surface area contributed by atoms with Crippen LogP contribution in [0.25, 0.3) is 0 Å². The highest BCUT2D eigenvalue weighted by Gasteiger charge is 2.05. The number of anilines is 2. The number of nitrogens with two attached hydrogens (primary N) is 2. The molecule has 0 spiro atoms. The van der Waals surface area contributed by atoms with Gasteiger partial charge in [-0.2, -0.15) is 0 Å². The van der Waals surface area contributed by atoms with E-state index in [9.17, 15) is 0 Å². The number of benzene rings is 2. The van der Waals surface area contributed by atoms with Crippen molar-refractivity contribution in [1.29, 1.82) is 0 Å². The number of hydrazine groups is 2. The minimum Gasteiger partial charge on any atom is -0.290 e. The van der Waals surface area contributed by atoms with Gasteiger partial charge in [0.25, 0.3) is 0 Å². The van der Waals surface area contributed by atoms with Crippen LogP contribution in [0.4, 0.5) is 11.4 Å². The van der Waals surface area contributed by atoms with Crippen LogP contribution < -0.4 is 21.7 Å².